The Morgan fingerprint density at radius 3 is 2.29 bits per heavy atom. The smallest absolute Gasteiger partial charge is 0 e. The average Bonchev–Trinajstić information content (AvgIpc) is 1.98. The summed E-state index contributed by atoms with van der Waals surface area (Å²) in [4.78, 5) is 0. The van der Waals surface area contributed by atoms with Crippen LogP contribution < -0.4 is 3.07 Å². The molecule has 0 unspecified atom stereocenters. The first-order chi connectivity index (χ1) is 5.84. The maximum atomic E-state index is 4.20. The van der Waals surface area contributed by atoms with Crippen molar-refractivity contribution in [3.63, 3.8) is 0 Å². The predicted molar refractivity (Wildman–Crippen MR) is 61.9 cm³/mol. The van der Waals surface area contributed by atoms with E-state index in [1.165, 1.54) is 14.7 Å². The van der Waals surface area contributed by atoms with Gasteiger partial charge < -0.3 is 0 Å². The zero-order valence-electron chi connectivity index (χ0n) is 8.95. The molecule has 0 aliphatic heterocycles. The quantitative estimate of drug-likeness (QED) is 0.249. The first-order valence-corrected chi connectivity index (χ1v) is 8.13. The van der Waals surface area contributed by atoms with Gasteiger partial charge in [0.05, 0.1) is 0 Å². The molecule has 0 bridgehead atoms. The van der Waals surface area contributed by atoms with Crippen molar-refractivity contribution in [2.24, 2.45) is 0 Å². The number of hydrogen-bond donors (Lipinski definition) is 0. The number of rotatable bonds is 1. The van der Waals surface area contributed by atoms with E-state index in [1.54, 1.807) is 3.07 Å². The van der Waals surface area contributed by atoms with Gasteiger partial charge in [-0.3, -0.25) is 0 Å². The van der Waals surface area contributed by atoms with Gasteiger partial charge in [0, 0.05) is 25.8 Å². The fourth-order valence-corrected chi connectivity index (χ4v) is 6.33. The number of halogens is 1. The maximum Gasteiger partial charge on any atom is 0 e. The van der Waals surface area contributed by atoms with Crippen LogP contribution in [0.4, 0.5) is 0 Å². The minimum absolute atomic E-state index is 0. The van der Waals surface area contributed by atoms with Gasteiger partial charge in [0.2, 0.25) is 0 Å². The Labute approximate surface area is 136 Å². The van der Waals surface area contributed by atoms with Crippen molar-refractivity contribution in [2.75, 3.05) is 0 Å². The summed E-state index contributed by atoms with van der Waals surface area (Å²) in [6.07, 6.45) is 0. The molecule has 1 aromatic carbocycles. The van der Waals surface area contributed by atoms with Crippen molar-refractivity contribution in [1.82, 2.24) is 0 Å². The van der Waals surface area contributed by atoms with Crippen LogP contribution in [0.5, 0.6) is 0 Å². The van der Waals surface area contributed by atoms with E-state index < -0.39 is 0 Å². The van der Waals surface area contributed by atoms with Gasteiger partial charge in [-0.15, -0.1) is 0 Å². The van der Waals surface area contributed by atoms with Crippen LogP contribution in [0.3, 0.4) is 0 Å². The summed E-state index contributed by atoms with van der Waals surface area (Å²) in [5.74, 6) is 0. The van der Waals surface area contributed by atoms with Gasteiger partial charge in [-0.1, -0.05) is 0 Å². The van der Waals surface area contributed by atoms with Gasteiger partial charge in [0.15, 0.2) is 0 Å². The van der Waals surface area contributed by atoms with Crippen molar-refractivity contribution in [3.05, 3.63) is 33.8 Å². The van der Waals surface area contributed by atoms with Crippen LogP contribution in [0.2, 0.25) is 0 Å². The second kappa shape index (κ2) is 5.90. The van der Waals surface area contributed by atoms with Crippen LogP contribution in [0, 0.1) is 17.4 Å². The van der Waals surface area contributed by atoms with Crippen molar-refractivity contribution in [1.29, 1.82) is 0 Å². The molecule has 0 aromatic heterocycles. The van der Waals surface area contributed by atoms with E-state index in [0.717, 1.165) is 0 Å². The molecule has 0 atom stereocenters. The first-order valence-electron chi connectivity index (χ1n) is 4.31. The van der Waals surface area contributed by atoms with Gasteiger partial charge in [-0.25, -0.2) is 0 Å². The summed E-state index contributed by atoms with van der Waals surface area (Å²) in [6, 6.07) is 4.44. The molecule has 71 valence electrons. The van der Waals surface area contributed by atoms with Crippen molar-refractivity contribution >= 4 is 25.7 Å². The molecule has 0 saturated heterocycles. The largest absolute Gasteiger partial charge is 0 e. The van der Waals surface area contributed by atoms with Crippen LogP contribution in [0.25, 0.3) is 0 Å². The van der Waals surface area contributed by atoms with Crippen LogP contribution in [-0.2, 0) is 57.4 Å². The Balaban J connectivity index is 0.00000169. The summed E-state index contributed by atoms with van der Waals surface area (Å²) in [5, 5.41) is 0. The van der Waals surface area contributed by atoms with E-state index in [1.807, 2.05) is 0 Å². The monoisotopic (exact) mass is 654 g/mol. The molecule has 0 N–H and O–H groups in total. The van der Waals surface area contributed by atoms with Gasteiger partial charge in [-0.2, -0.15) is 0 Å². The van der Waals surface area contributed by atoms with Crippen LogP contribution in [0.1, 0.15) is 25.0 Å². The molecule has 0 aliphatic carbocycles. The van der Waals surface area contributed by atoms with Crippen LogP contribution >= 0.6 is 22.6 Å². The zero-order chi connectivity index (χ0) is 10.2. The first kappa shape index (κ1) is 15.8. The molecule has 0 nitrogen and oxygen atoms in total. The third kappa shape index (κ3) is 3.65. The topological polar surface area (TPSA) is 0 Å². The van der Waals surface area contributed by atoms with E-state index in [-0.39, 0.29) is 31.3 Å². The van der Waals surface area contributed by atoms with Crippen molar-refractivity contribution < 1.29 is 52.0 Å². The molecule has 0 saturated carbocycles. The number of benzene rings is 1. The van der Waals surface area contributed by atoms with Gasteiger partial charge >= 0.3 is 112 Å². The van der Waals surface area contributed by atoms with E-state index in [2.05, 4.69) is 62.4 Å². The van der Waals surface area contributed by atoms with Gasteiger partial charge in [-0.05, 0) is 0 Å². The van der Waals surface area contributed by atoms with E-state index in [9.17, 15) is 0 Å². The third-order valence-corrected chi connectivity index (χ3v) is 6.97. The van der Waals surface area contributed by atoms with Gasteiger partial charge in [0.25, 0.3) is 0 Å². The molecule has 0 fully saturated rings. The standard InChI is InChI=1S/C11H13I.Hf.Hg/c1-8-7-9(11(2,3)4)5-6-10(8)12;;/h5-6H,2H2,1,3-4H3;;/q-1;;. The molecule has 0 spiro atoms. The summed E-state index contributed by atoms with van der Waals surface area (Å²) in [7, 11) is 0. The summed E-state index contributed by atoms with van der Waals surface area (Å²) in [5.41, 5.74) is 2.97. The predicted octanol–water partition coefficient (Wildman–Crippen LogP) is 2.88. The van der Waals surface area contributed by atoms with E-state index in [0.29, 0.717) is 26.1 Å². The molecule has 0 aliphatic rings. The molecule has 0 amide bonds. The molecular formula is C11H13HfHgI-. The normalized spacial score (nSPS) is 11.1. The molecular weight excluding hydrogens is 638 g/mol. The third-order valence-electron chi connectivity index (χ3n) is 2.26. The second-order valence-electron chi connectivity index (χ2n) is 4.08. The minimum Gasteiger partial charge on any atom is 0 e. The van der Waals surface area contributed by atoms with Crippen LogP contribution in [0.15, 0.2) is 12.1 Å². The molecule has 0 radical (unpaired) electrons. The molecule has 1 aromatic rings. The maximum absolute atomic E-state index is 4.20. The summed E-state index contributed by atoms with van der Waals surface area (Å²) >= 11 is 3.09. The average molecular weight is 651 g/mol. The minimum atomic E-state index is 0. The SMILES string of the molecule is [CH2-]C(C)(C)c1ccc(I)c(C)[c]1[Hg].[Hf]. The molecule has 3 heteroatoms. The van der Waals surface area contributed by atoms with Gasteiger partial charge in [0.1, 0.15) is 0 Å². The Morgan fingerprint density at radius 1 is 1.36 bits per heavy atom. The number of hydrogen-bond acceptors (Lipinski definition) is 0. The fraction of sp³-hybridized carbons (Fsp3) is 0.364. The van der Waals surface area contributed by atoms with Crippen LogP contribution in [-0.4, -0.2) is 0 Å². The van der Waals surface area contributed by atoms with E-state index in [4.69, 9.17) is 0 Å². The summed E-state index contributed by atoms with van der Waals surface area (Å²) < 4.78 is 2.96. The van der Waals surface area contributed by atoms with Crippen molar-refractivity contribution in [3.8, 4) is 0 Å². The van der Waals surface area contributed by atoms with E-state index >= 15 is 0 Å². The Morgan fingerprint density at radius 2 is 1.86 bits per heavy atom. The zero-order valence-corrected chi connectivity index (χ0v) is 20.2. The molecule has 1 rings (SSSR count). The van der Waals surface area contributed by atoms with Crippen molar-refractivity contribution in [2.45, 2.75) is 26.2 Å². The fourth-order valence-electron chi connectivity index (χ4n) is 1.36. The Bertz CT molecular complexity index is 329. The molecule has 0 heterocycles. The summed E-state index contributed by atoms with van der Waals surface area (Å²) in [6.45, 7) is 10.8. The molecule has 14 heavy (non-hydrogen) atoms. The Kier molecular flexibility index (Phi) is 6.64. The Hall–Kier alpha value is 1.76. The second-order valence-corrected chi connectivity index (χ2v) is 7.99.